The largest absolute Gasteiger partial charge is 0.452 e. The molecule has 4 aromatic rings. The van der Waals surface area contributed by atoms with Crippen LogP contribution in [0.25, 0.3) is 10.8 Å². The third kappa shape index (κ3) is 4.27. The molecule has 35 heavy (non-hydrogen) atoms. The van der Waals surface area contributed by atoms with E-state index in [2.05, 4.69) is 5.32 Å². The van der Waals surface area contributed by atoms with Gasteiger partial charge in [-0.2, -0.15) is 0 Å². The number of benzene rings is 4. The Morgan fingerprint density at radius 1 is 0.743 bits per heavy atom. The summed E-state index contributed by atoms with van der Waals surface area (Å²) in [5.74, 6) is -1.96. The number of anilines is 1. The number of nitrogens with one attached hydrogen (secondary N) is 1. The SMILES string of the molecule is O=C(COC(=O)c1ccc(N2C(=O)c3cccc4cccc(c34)C2=O)cc1)NCc1ccccc1. The molecule has 1 aliphatic rings. The van der Waals surface area contributed by atoms with Gasteiger partial charge in [0.15, 0.2) is 6.61 Å². The molecule has 0 aromatic heterocycles. The maximum Gasteiger partial charge on any atom is 0.338 e. The Morgan fingerprint density at radius 2 is 1.37 bits per heavy atom. The summed E-state index contributed by atoms with van der Waals surface area (Å²) in [6, 6.07) is 26.0. The van der Waals surface area contributed by atoms with Crippen LogP contribution in [0.5, 0.6) is 0 Å². The van der Waals surface area contributed by atoms with E-state index in [1.165, 1.54) is 24.3 Å². The van der Waals surface area contributed by atoms with Crippen LogP contribution in [0.2, 0.25) is 0 Å². The van der Waals surface area contributed by atoms with Crippen LogP contribution < -0.4 is 10.2 Å². The third-order valence-electron chi connectivity index (χ3n) is 5.80. The highest BCUT2D eigenvalue weighted by Crippen LogP contribution is 2.32. The minimum Gasteiger partial charge on any atom is -0.452 e. The first kappa shape index (κ1) is 22.0. The minimum absolute atomic E-state index is 0.198. The fraction of sp³-hybridized carbons (Fsp3) is 0.0714. The normalized spacial score (nSPS) is 12.5. The maximum atomic E-state index is 13.1. The van der Waals surface area contributed by atoms with Crippen molar-refractivity contribution in [2.75, 3.05) is 11.5 Å². The van der Waals surface area contributed by atoms with Crippen molar-refractivity contribution < 1.29 is 23.9 Å². The molecule has 7 heteroatoms. The van der Waals surface area contributed by atoms with E-state index >= 15 is 0 Å². The number of hydrogen-bond acceptors (Lipinski definition) is 5. The molecule has 1 N–H and O–H groups in total. The Labute approximate surface area is 200 Å². The molecule has 0 fully saturated rings. The van der Waals surface area contributed by atoms with Crippen molar-refractivity contribution in [3.8, 4) is 0 Å². The standard InChI is InChI=1S/C28H20N2O5/c31-24(29-16-18-6-2-1-3-7-18)17-35-28(34)20-12-14-21(15-13-20)30-26(32)22-10-4-8-19-9-5-11-23(25(19)22)27(30)33/h1-15H,16-17H2,(H,29,31). The lowest BCUT2D eigenvalue weighted by molar-refractivity contribution is -0.124. The van der Waals surface area contributed by atoms with Crippen molar-refractivity contribution in [1.82, 2.24) is 5.32 Å². The van der Waals surface area contributed by atoms with E-state index in [9.17, 15) is 19.2 Å². The van der Waals surface area contributed by atoms with Gasteiger partial charge in [-0.1, -0.05) is 54.6 Å². The second-order valence-electron chi connectivity index (χ2n) is 8.04. The molecule has 0 bridgehead atoms. The van der Waals surface area contributed by atoms with Crippen LogP contribution in [0.4, 0.5) is 5.69 Å². The average Bonchev–Trinajstić information content (AvgIpc) is 2.90. The van der Waals surface area contributed by atoms with Crippen molar-refractivity contribution in [3.63, 3.8) is 0 Å². The van der Waals surface area contributed by atoms with Crippen molar-refractivity contribution in [2.24, 2.45) is 0 Å². The molecule has 4 aromatic carbocycles. The van der Waals surface area contributed by atoms with Gasteiger partial charge in [0.2, 0.25) is 0 Å². The van der Waals surface area contributed by atoms with E-state index in [-0.39, 0.29) is 5.56 Å². The minimum atomic E-state index is -0.683. The van der Waals surface area contributed by atoms with Gasteiger partial charge in [-0.15, -0.1) is 0 Å². The molecule has 0 aliphatic carbocycles. The van der Waals surface area contributed by atoms with Gasteiger partial charge in [0.1, 0.15) is 0 Å². The summed E-state index contributed by atoms with van der Waals surface area (Å²) in [6.07, 6.45) is 0. The summed E-state index contributed by atoms with van der Waals surface area (Å²) < 4.78 is 5.09. The van der Waals surface area contributed by atoms with E-state index in [0.29, 0.717) is 28.7 Å². The number of esters is 1. The van der Waals surface area contributed by atoms with E-state index in [1.54, 1.807) is 24.3 Å². The number of carbonyl (C=O) groups excluding carboxylic acids is 4. The number of rotatable bonds is 6. The summed E-state index contributed by atoms with van der Waals surface area (Å²) in [7, 11) is 0. The van der Waals surface area contributed by atoms with E-state index in [0.717, 1.165) is 15.8 Å². The quantitative estimate of drug-likeness (QED) is 0.342. The number of nitrogens with zero attached hydrogens (tertiary/aromatic N) is 1. The highest BCUT2D eigenvalue weighted by Gasteiger charge is 2.33. The average molecular weight is 464 g/mol. The summed E-state index contributed by atoms with van der Waals surface area (Å²) in [6.45, 7) is -0.0854. The van der Waals surface area contributed by atoms with Crippen LogP contribution in [0.3, 0.4) is 0 Å². The first-order valence-electron chi connectivity index (χ1n) is 11.0. The predicted molar refractivity (Wildman–Crippen MR) is 130 cm³/mol. The van der Waals surface area contributed by atoms with Crippen molar-refractivity contribution in [1.29, 1.82) is 0 Å². The molecule has 1 heterocycles. The van der Waals surface area contributed by atoms with Crippen LogP contribution in [-0.2, 0) is 16.1 Å². The Balaban J connectivity index is 1.26. The molecule has 7 nitrogen and oxygen atoms in total. The first-order valence-corrected chi connectivity index (χ1v) is 11.0. The van der Waals surface area contributed by atoms with Gasteiger partial charge in [0.05, 0.1) is 11.3 Å². The van der Waals surface area contributed by atoms with Gasteiger partial charge in [-0.3, -0.25) is 14.4 Å². The summed E-state index contributed by atoms with van der Waals surface area (Å²) in [4.78, 5) is 51.8. The first-order chi connectivity index (χ1) is 17.0. The van der Waals surface area contributed by atoms with Crippen LogP contribution in [-0.4, -0.2) is 30.3 Å². The number of carbonyl (C=O) groups is 4. The maximum absolute atomic E-state index is 13.1. The fourth-order valence-corrected chi connectivity index (χ4v) is 4.07. The van der Waals surface area contributed by atoms with Crippen LogP contribution in [0.15, 0.2) is 91.0 Å². The Morgan fingerprint density at radius 3 is 2.00 bits per heavy atom. The van der Waals surface area contributed by atoms with Gasteiger partial charge in [-0.25, -0.2) is 9.69 Å². The lowest BCUT2D eigenvalue weighted by Crippen LogP contribution is -2.40. The van der Waals surface area contributed by atoms with Crippen LogP contribution in [0, 0.1) is 0 Å². The zero-order chi connectivity index (χ0) is 24.4. The highest BCUT2D eigenvalue weighted by molar-refractivity contribution is 6.35. The second-order valence-corrected chi connectivity index (χ2v) is 8.04. The number of imide groups is 1. The number of hydrogen-bond donors (Lipinski definition) is 1. The summed E-state index contributed by atoms with van der Waals surface area (Å²) in [5, 5.41) is 4.16. The van der Waals surface area contributed by atoms with Gasteiger partial charge in [-0.05, 0) is 47.3 Å². The van der Waals surface area contributed by atoms with E-state index < -0.39 is 30.3 Å². The number of ether oxygens (including phenoxy) is 1. The molecule has 5 rings (SSSR count). The zero-order valence-corrected chi connectivity index (χ0v) is 18.6. The molecular weight excluding hydrogens is 444 g/mol. The van der Waals surface area contributed by atoms with Gasteiger partial charge >= 0.3 is 5.97 Å². The molecule has 0 atom stereocenters. The molecule has 0 saturated carbocycles. The highest BCUT2D eigenvalue weighted by atomic mass is 16.5. The molecular formula is C28H20N2O5. The molecule has 0 saturated heterocycles. The number of amides is 3. The monoisotopic (exact) mass is 464 g/mol. The smallest absolute Gasteiger partial charge is 0.338 e. The predicted octanol–water partition coefficient (Wildman–Crippen LogP) is 4.11. The van der Waals surface area contributed by atoms with Gasteiger partial charge < -0.3 is 10.1 Å². The van der Waals surface area contributed by atoms with E-state index in [4.69, 9.17) is 4.74 Å². The van der Waals surface area contributed by atoms with Crippen LogP contribution in [0.1, 0.15) is 36.6 Å². The topological polar surface area (TPSA) is 92.8 Å². The molecule has 3 amide bonds. The molecule has 0 unspecified atom stereocenters. The summed E-state index contributed by atoms with van der Waals surface area (Å²) >= 11 is 0. The zero-order valence-electron chi connectivity index (χ0n) is 18.6. The van der Waals surface area contributed by atoms with Crippen molar-refractivity contribution in [3.05, 3.63) is 113 Å². The van der Waals surface area contributed by atoms with Crippen LogP contribution >= 0.6 is 0 Å². The van der Waals surface area contributed by atoms with Gasteiger partial charge in [0, 0.05) is 23.1 Å². The van der Waals surface area contributed by atoms with Crippen molar-refractivity contribution >= 4 is 40.2 Å². The summed E-state index contributed by atoms with van der Waals surface area (Å²) in [5.41, 5.74) is 2.36. The Kier molecular flexibility index (Phi) is 5.81. The molecule has 0 radical (unpaired) electrons. The third-order valence-corrected chi connectivity index (χ3v) is 5.80. The lowest BCUT2D eigenvalue weighted by Gasteiger charge is -2.27. The van der Waals surface area contributed by atoms with E-state index in [1.807, 2.05) is 42.5 Å². The van der Waals surface area contributed by atoms with Gasteiger partial charge in [0.25, 0.3) is 17.7 Å². The van der Waals surface area contributed by atoms with Crippen molar-refractivity contribution in [2.45, 2.75) is 6.54 Å². The lowest BCUT2D eigenvalue weighted by atomic mass is 9.94. The Bertz CT molecular complexity index is 1410. The molecule has 1 aliphatic heterocycles. The second kappa shape index (κ2) is 9.23. The Hall–Kier alpha value is -4.78. The fourth-order valence-electron chi connectivity index (χ4n) is 4.07. The molecule has 172 valence electrons. The molecule has 0 spiro atoms.